The molecule has 0 saturated carbocycles. The van der Waals surface area contributed by atoms with Gasteiger partial charge in [-0.25, -0.2) is 0 Å². The molecule has 0 bridgehead atoms. The number of pyridine rings is 1. The molecule has 0 aliphatic rings. The topological polar surface area (TPSA) is 21.4 Å². The van der Waals surface area contributed by atoms with Gasteiger partial charge in [-0.05, 0) is 28.3 Å². The molecule has 3 aromatic carbocycles. The lowest BCUT2D eigenvalue weighted by Crippen LogP contribution is -2.19. The van der Waals surface area contributed by atoms with Crippen LogP contribution in [0.1, 0.15) is 0 Å². The molecular weight excluding hydrogens is 306 g/mol. The SMILES string of the molecule is c1ccc2c(c1)c1ccccc1c1nn3cc4cccc[n+]4c3cc21. The summed E-state index contributed by atoms with van der Waals surface area (Å²) in [5.41, 5.74) is 3.25. The molecule has 25 heavy (non-hydrogen) atoms. The molecule has 0 N–H and O–H groups in total. The van der Waals surface area contributed by atoms with Crippen LogP contribution in [0.2, 0.25) is 0 Å². The Morgan fingerprint density at radius 2 is 1.32 bits per heavy atom. The average Bonchev–Trinajstić information content (AvgIpc) is 3.04. The van der Waals surface area contributed by atoms with E-state index in [9.17, 15) is 0 Å². The first-order valence-corrected chi connectivity index (χ1v) is 8.42. The average molecular weight is 320 g/mol. The van der Waals surface area contributed by atoms with Crippen molar-refractivity contribution in [2.45, 2.75) is 0 Å². The Morgan fingerprint density at radius 1 is 0.680 bits per heavy atom. The lowest BCUT2D eigenvalue weighted by atomic mass is 9.98. The lowest BCUT2D eigenvalue weighted by Gasteiger charge is -2.07. The van der Waals surface area contributed by atoms with E-state index in [0.717, 1.165) is 16.7 Å². The molecule has 3 heterocycles. The summed E-state index contributed by atoms with van der Waals surface area (Å²) in [5.74, 6) is 0. The van der Waals surface area contributed by atoms with Crippen LogP contribution in [-0.2, 0) is 0 Å². The summed E-state index contributed by atoms with van der Waals surface area (Å²) in [6.07, 6.45) is 4.17. The minimum Gasteiger partial charge on any atom is -0.194 e. The van der Waals surface area contributed by atoms with Crippen LogP contribution in [0.15, 0.2) is 85.2 Å². The Hall–Kier alpha value is -3.46. The second-order valence-corrected chi connectivity index (χ2v) is 6.43. The van der Waals surface area contributed by atoms with E-state index in [-0.39, 0.29) is 0 Å². The maximum atomic E-state index is 4.99. The van der Waals surface area contributed by atoms with Crippen LogP contribution in [0.5, 0.6) is 0 Å². The molecule has 0 aliphatic carbocycles. The molecule has 0 radical (unpaired) electrons. The van der Waals surface area contributed by atoms with Gasteiger partial charge in [0.1, 0.15) is 5.52 Å². The van der Waals surface area contributed by atoms with E-state index >= 15 is 0 Å². The largest absolute Gasteiger partial charge is 0.312 e. The number of imidazole rings is 1. The molecule has 0 atom stereocenters. The number of benzene rings is 3. The van der Waals surface area contributed by atoms with Crippen molar-refractivity contribution in [2.24, 2.45) is 0 Å². The van der Waals surface area contributed by atoms with E-state index in [1.54, 1.807) is 0 Å². The maximum absolute atomic E-state index is 4.99. The normalized spacial score (nSPS) is 12.0. The van der Waals surface area contributed by atoms with Crippen molar-refractivity contribution in [3.05, 3.63) is 85.2 Å². The van der Waals surface area contributed by atoms with Gasteiger partial charge in [-0.2, -0.15) is 4.40 Å². The minimum atomic E-state index is 1.04. The van der Waals surface area contributed by atoms with Gasteiger partial charge < -0.3 is 0 Å². The van der Waals surface area contributed by atoms with Gasteiger partial charge in [-0.1, -0.05) is 64.2 Å². The summed E-state index contributed by atoms with van der Waals surface area (Å²) >= 11 is 0. The van der Waals surface area contributed by atoms with Crippen molar-refractivity contribution < 1.29 is 4.40 Å². The first-order chi connectivity index (χ1) is 12.4. The molecule has 0 spiro atoms. The highest BCUT2D eigenvalue weighted by atomic mass is 15.3. The van der Waals surface area contributed by atoms with Crippen molar-refractivity contribution in [3.63, 3.8) is 0 Å². The fraction of sp³-hybridized carbons (Fsp3) is 0. The number of hydrogen-bond acceptors (Lipinski definition) is 1. The molecule has 0 fully saturated rings. The summed E-state index contributed by atoms with van der Waals surface area (Å²) < 4.78 is 4.16. The first-order valence-electron chi connectivity index (χ1n) is 8.42. The number of hydrogen-bond donors (Lipinski definition) is 0. The predicted octanol–water partition coefficient (Wildman–Crippen LogP) is 4.53. The molecule has 3 aromatic heterocycles. The van der Waals surface area contributed by atoms with Crippen molar-refractivity contribution in [2.75, 3.05) is 0 Å². The number of rotatable bonds is 0. The Kier molecular flexibility index (Phi) is 2.35. The third-order valence-electron chi connectivity index (χ3n) is 5.05. The van der Waals surface area contributed by atoms with Crippen LogP contribution in [0.25, 0.3) is 43.6 Å². The van der Waals surface area contributed by atoms with E-state index in [1.165, 1.54) is 26.9 Å². The standard InChI is InChI=1S/C22H14N3/c1-2-10-18-16(8-1)17-9-3-4-11-19(17)22-20(18)13-21-24-12-6-5-7-15(24)14-25(21)23-22/h1-14H/q+1. The van der Waals surface area contributed by atoms with E-state index in [2.05, 4.69) is 89.6 Å². The summed E-state index contributed by atoms with van der Waals surface area (Å²) in [4.78, 5) is 0. The Balaban J connectivity index is 1.96. The fourth-order valence-corrected chi connectivity index (χ4v) is 3.93. The zero-order chi connectivity index (χ0) is 16.4. The summed E-state index contributed by atoms with van der Waals surface area (Å²) in [5, 5.41) is 11.2. The highest BCUT2D eigenvalue weighted by Gasteiger charge is 2.17. The smallest absolute Gasteiger partial charge is 0.194 e. The van der Waals surface area contributed by atoms with Gasteiger partial charge >= 0.3 is 5.65 Å². The Labute approximate surface area is 143 Å². The first kappa shape index (κ1) is 12.9. The summed E-state index contributed by atoms with van der Waals surface area (Å²) in [6.45, 7) is 0. The van der Waals surface area contributed by atoms with Gasteiger partial charge in [-0.15, -0.1) is 0 Å². The van der Waals surface area contributed by atoms with Crippen LogP contribution in [-0.4, -0.2) is 9.61 Å². The van der Waals surface area contributed by atoms with Crippen molar-refractivity contribution >= 4 is 43.6 Å². The van der Waals surface area contributed by atoms with Crippen molar-refractivity contribution in [1.29, 1.82) is 0 Å². The molecular formula is C22H14N3+. The van der Waals surface area contributed by atoms with E-state index < -0.39 is 0 Å². The van der Waals surface area contributed by atoms with Gasteiger partial charge in [0.25, 0.3) is 0 Å². The van der Waals surface area contributed by atoms with Crippen LogP contribution >= 0.6 is 0 Å². The summed E-state index contributed by atoms with van der Waals surface area (Å²) in [7, 11) is 0. The van der Waals surface area contributed by atoms with Crippen LogP contribution in [0.3, 0.4) is 0 Å². The van der Waals surface area contributed by atoms with E-state index in [0.29, 0.717) is 0 Å². The zero-order valence-corrected chi connectivity index (χ0v) is 13.4. The molecule has 3 heteroatoms. The van der Waals surface area contributed by atoms with E-state index in [1.807, 2.05) is 4.52 Å². The molecule has 116 valence electrons. The number of nitrogens with zero attached hydrogens (tertiary/aromatic N) is 3. The molecule has 0 unspecified atom stereocenters. The van der Waals surface area contributed by atoms with Gasteiger partial charge in [-0.3, -0.25) is 0 Å². The third-order valence-corrected chi connectivity index (χ3v) is 5.05. The van der Waals surface area contributed by atoms with E-state index in [4.69, 9.17) is 5.10 Å². The molecule has 3 nitrogen and oxygen atoms in total. The number of aromatic nitrogens is 3. The third kappa shape index (κ3) is 1.64. The van der Waals surface area contributed by atoms with Gasteiger partial charge in [0.15, 0.2) is 11.7 Å². The van der Waals surface area contributed by atoms with Crippen LogP contribution in [0, 0.1) is 0 Å². The fourth-order valence-electron chi connectivity index (χ4n) is 3.93. The second kappa shape index (κ2) is 4.54. The van der Waals surface area contributed by atoms with Crippen molar-refractivity contribution in [1.82, 2.24) is 9.61 Å². The second-order valence-electron chi connectivity index (χ2n) is 6.43. The lowest BCUT2D eigenvalue weighted by molar-refractivity contribution is -0.482. The molecule has 6 aromatic rings. The predicted molar refractivity (Wildman–Crippen MR) is 101 cm³/mol. The quantitative estimate of drug-likeness (QED) is 0.297. The molecule has 0 saturated heterocycles. The van der Waals surface area contributed by atoms with Crippen LogP contribution < -0.4 is 4.40 Å². The zero-order valence-electron chi connectivity index (χ0n) is 13.4. The molecule has 6 rings (SSSR count). The van der Waals surface area contributed by atoms with Gasteiger partial charge in [0.2, 0.25) is 0 Å². The monoisotopic (exact) mass is 320 g/mol. The Bertz CT molecular complexity index is 1440. The van der Waals surface area contributed by atoms with Gasteiger partial charge in [0.05, 0.1) is 6.20 Å². The van der Waals surface area contributed by atoms with Crippen molar-refractivity contribution in [3.8, 4) is 0 Å². The Morgan fingerprint density at radius 3 is 2.12 bits per heavy atom. The highest BCUT2D eigenvalue weighted by molar-refractivity contribution is 6.24. The van der Waals surface area contributed by atoms with Crippen LogP contribution in [0.4, 0.5) is 0 Å². The van der Waals surface area contributed by atoms with Gasteiger partial charge in [0, 0.05) is 16.8 Å². The summed E-state index contributed by atoms with van der Waals surface area (Å²) in [6, 6.07) is 25.6. The number of fused-ring (bicyclic) bond motifs is 9. The maximum Gasteiger partial charge on any atom is 0.312 e. The minimum absolute atomic E-state index is 1.04. The molecule has 0 amide bonds. The highest BCUT2D eigenvalue weighted by Crippen LogP contribution is 2.33. The molecule has 0 aliphatic heterocycles.